The van der Waals surface area contributed by atoms with Crippen molar-refractivity contribution in [1.82, 2.24) is 10.6 Å². The normalized spacial score (nSPS) is 37.2. The summed E-state index contributed by atoms with van der Waals surface area (Å²) in [7, 11) is 0. The lowest BCUT2D eigenvalue weighted by Crippen LogP contribution is -2.49. The third kappa shape index (κ3) is 3.45. The second-order valence-electron chi connectivity index (χ2n) is 5.97. The Labute approximate surface area is 110 Å². The van der Waals surface area contributed by atoms with Crippen LogP contribution in [0.15, 0.2) is 0 Å². The molecule has 0 aromatic heterocycles. The molecule has 4 nitrogen and oxygen atoms in total. The van der Waals surface area contributed by atoms with E-state index in [1.807, 2.05) is 0 Å². The molecule has 4 N–H and O–H groups in total. The number of rotatable bonds is 3. The summed E-state index contributed by atoms with van der Waals surface area (Å²) < 4.78 is 0. The van der Waals surface area contributed by atoms with Crippen molar-refractivity contribution in [2.75, 3.05) is 13.1 Å². The average molecular weight is 253 g/mol. The van der Waals surface area contributed by atoms with Gasteiger partial charge in [-0.25, -0.2) is 0 Å². The van der Waals surface area contributed by atoms with Crippen LogP contribution >= 0.6 is 0 Å². The van der Waals surface area contributed by atoms with Gasteiger partial charge in [0.25, 0.3) is 0 Å². The maximum Gasteiger partial charge on any atom is 0.223 e. The fraction of sp³-hybridized carbons (Fsp3) is 0.929. The van der Waals surface area contributed by atoms with Crippen molar-refractivity contribution in [3.8, 4) is 0 Å². The lowest BCUT2D eigenvalue weighted by atomic mass is 9.83. The van der Waals surface area contributed by atoms with Crippen molar-refractivity contribution in [2.45, 2.75) is 57.5 Å². The molecular weight excluding hydrogens is 226 g/mol. The molecule has 2 fully saturated rings. The Morgan fingerprint density at radius 1 is 1.33 bits per heavy atom. The van der Waals surface area contributed by atoms with Crippen LogP contribution in [0.25, 0.3) is 0 Å². The first-order valence-electron chi connectivity index (χ1n) is 7.44. The standard InChI is InChI=1S/C14H27N3O/c1-10-8-11(6-7-16-10)14(18)17-13-5-3-2-4-12(13)9-15/h10-13,16H,2-9,15H2,1H3,(H,17,18)/t10-,11-,12?,13?/m0/s1. The molecule has 2 rings (SSSR count). The Balaban J connectivity index is 1.85. The second-order valence-corrected chi connectivity index (χ2v) is 5.97. The molecule has 1 saturated heterocycles. The molecule has 0 bridgehead atoms. The molecule has 4 atom stereocenters. The summed E-state index contributed by atoms with van der Waals surface area (Å²) >= 11 is 0. The summed E-state index contributed by atoms with van der Waals surface area (Å²) in [5, 5.41) is 6.65. The van der Waals surface area contributed by atoms with E-state index in [1.54, 1.807) is 0 Å². The molecular formula is C14H27N3O. The van der Waals surface area contributed by atoms with Gasteiger partial charge in [0.2, 0.25) is 5.91 Å². The van der Waals surface area contributed by atoms with Gasteiger partial charge in [-0.05, 0) is 51.6 Å². The van der Waals surface area contributed by atoms with Crippen LogP contribution in [0, 0.1) is 11.8 Å². The third-order valence-electron chi connectivity index (χ3n) is 4.53. The van der Waals surface area contributed by atoms with E-state index in [2.05, 4.69) is 17.6 Å². The fourth-order valence-electron chi connectivity index (χ4n) is 3.35. The Bertz CT molecular complexity index is 282. The molecule has 0 radical (unpaired) electrons. The van der Waals surface area contributed by atoms with Crippen molar-refractivity contribution in [1.29, 1.82) is 0 Å². The molecule has 4 heteroatoms. The highest BCUT2D eigenvalue weighted by Crippen LogP contribution is 2.24. The molecule has 1 aliphatic heterocycles. The lowest BCUT2D eigenvalue weighted by Gasteiger charge is -2.34. The highest BCUT2D eigenvalue weighted by Gasteiger charge is 2.30. The molecule has 0 aromatic carbocycles. The highest BCUT2D eigenvalue weighted by molar-refractivity contribution is 5.79. The van der Waals surface area contributed by atoms with E-state index in [4.69, 9.17) is 5.73 Å². The topological polar surface area (TPSA) is 67.2 Å². The quantitative estimate of drug-likeness (QED) is 0.703. The summed E-state index contributed by atoms with van der Waals surface area (Å²) in [6, 6.07) is 0.785. The van der Waals surface area contributed by atoms with Gasteiger partial charge in [0.05, 0.1) is 0 Å². The van der Waals surface area contributed by atoms with Crippen molar-refractivity contribution >= 4 is 5.91 Å². The minimum atomic E-state index is 0.196. The third-order valence-corrected chi connectivity index (χ3v) is 4.53. The van der Waals surface area contributed by atoms with Crippen LogP contribution in [0.2, 0.25) is 0 Å². The zero-order valence-electron chi connectivity index (χ0n) is 11.5. The number of hydrogen-bond donors (Lipinski definition) is 3. The number of nitrogens with two attached hydrogens (primary N) is 1. The van der Waals surface area contributed by atoms with Crippen LogP contribution in [-0.4, -0.2) is 31.1 Å². The van der Waals surface area contributed by atoms with Crippen molar-refractivity contribution in [2.24, 2.45) is 17.6 Å². The number of piperidine rings is 1. The van der Waals surface area contributed by atoms with Gasteiger partial charge in [-0.3, -0.25) is 4.79 Å². The van der Waals surface area contributed by atoms with E-state index < -0.39 is 0 Å². The van der Waals surface area contributed by atoms with Crippen molar-refractivity contribution in [3.05, 3.63) is 0 Å². The Hall–Kier alpha value is -0.610. The summed E-state index contributed by atoms with van der Waals surface area (Å²) in [5.74, 6) is 0.942. The molecule has 104 valence electrons. The summed E-state index contributed by atoms with van der Waals surface area (Å²) in [5.41, 5.74) is 5.81. The van der Waals surface area contributed by atoms with E-state index >= 15 is 0 Å². The van der Waals surface area contributed by atoms with Gasteiger partial charge in [-0.15, -0.1) is 0 Å². The monoisotopic (exact) mass is 253 g/mol. The van der Waals surface area contributed by atoms with Crippen LogP contribution < -0.4 is 16.4 Å². The minimum absolute atomic E-state index is 0.196. The first-order valence-corrected chi connectivity index (χ1v) is 7.44. The second kappa shape index (κ2) is 6.53. The number of carbonyl (C=O) groups is 1. The van der Waals surface area contributed by atoms with Gasteiger partial charge in [-0.2, -0.15) is 0 Å². The van der Waals surface area contributed by atoms with Gasteiger partial charge in [0.15, 0.2) is 0 Å². The van der Waals surface area contributed by atoms with Crippen molar-refractivity contribution in [3.63, 3.8) is 0 Å². The lowest BCUT2D eigenvalue weighted by molar-refractivity contribution is -0.127. The number of nitrogens with one attached hydrogen (secondary N) is 2. The van der Waals surface area contributed by atoms with Crippen LogP contribution in [0.5, 0.6) is 0 Å². The zero-order chi connectivity index (χ0) is 13.0. The van der Waals surface area contributed by atoms with Gasteiger partial charge < -0.3 is 16.4 Å². The predicted molar refractivity (Wildman–Crippen MR) is 73.1 cm³/mol. The number of hydrogen-bond acceptors (Lipinski definition) is 3. The smallest absolute Gasteiger partial charge is 0.223 e. The van der Waals surface area contributed by atoms with Crippen LogP contribution in [0.1, 0.15) is 45.4 Å². The van der Waals surface area contributed by atoms with Crippen LogP contribution in [0.3, 0.4) is 0 Å². The molecule has 1 aliphatic carbocycles. The summed E-state index contributed by atoms with van der Waals surface area (Å²) in [6.07, 6.45) is 6.70. The van der Waals surface area contributed by atoms with E-state index in [0.29, 0.717) is 24.5 Å². The van der Waals surface area contributed by atoms with E-state index in [9.17, 15) is 4.79 Å². The van der Waals surface area contributed by atoms with Crippen LogP contribution in [-0.2, 0) is 4.79 Å². The minimum Gasteiger partial charge on any atom is -0.353 e. The van der Waals surface area contributed by atoms with Gasteiger partial charge in [0.1, 0.15) is 0 Å². The first kappa shape index (κ1) is 13.8. The predicted octanol–water partition coefficient (Wildman–Crippen LogP) is 1.01. The molecule has 0 spiro atoms. The van der Waals surface area contributed by atoms with Gasteiger partial charge in [0, 0.05) is 18.0 Å². The van der Waals surface area contributed by atoms with Crippen molar-refractivity contribution < 1.29 is 4.79 Å². The Morgan fingerprint density at radius 2 is 2.11 bits per heavy atom. The number of amides is 1. The summed E-state index contributed by atoms with van der Waals surface area (Å²) in [4.78, 5) is 12.3. The molecule has 0 aromatic rings. The Kier molecular flexibility index (Phi) is 5.01. The Morgan fingerprint density at radius 3 is 2.83 bits per heavy atom. The largest absolute Gasteiger partial charge is 0.353 e. The van der Waals surface area contributed by atoms with Gasteiger partial charge in [-0.1, -0.05) is 12.8 Å². The average Bonchev–Trinajstić information content (AvgIpc) is 2.39. The van der Waals surface area contributed by atoms with E-state index in [-0.39, 0.29) is 11.8 Å². The zero-order valence-corrected chi connectivity index (χ0v) is 11.5. The molecule has 2 aliphatic rings. The number of carbonyl (C=O) groups excluding carboxylic acids is 1. The van der Waals surface area contributed by atoms with Crippen LogP contribution in [0.4, 0.5) is 0 Å². The maximum atomic E-state index is 12.3. The van der Waals surface area contributed by atoms with E-state index in [0.717, 1.165) is 25.8 Å². The molecule has 1 amide bonds. The van der Waals surface area contributed by atoms with Gasteiger partial charge >= 0.3 is 0 Å². The van der Waals surface area contributed by atoms with E-state index in [1.165, 1.54) is 19.3 Å². The SMILES string of the molecule is C[C@H]1C[C@@H](C(=O)NC2CCCCC2CN)CCN1. The molecule has 18 heavy (non-hydrogen) atoms. The molecule has 1 heterocycles. The maximum absolute atomic E-state index is 12.3. The molecule has 2 unspecified atom stereocenters. The summed E-state index contributed by atoms with van der Waals surface area (Å²) in [6.45, 7) is 3.82. The first-order chi connectivity index (χ1) is 8.70. The fourth-order valence-corrected chi connectivity index (χ4v) is 3.35. The highest BCUT2D eigenvalue weighted by atomic mass is 16.1. The molecule has 1 saturated carbocycles.